The Kier molecular flexibility index (Phi) is 4.90. The molecule has 3 heterocycles. The summed E-state index contributed by atoms with van der Waals surface area (Å²) >= 11 is 5.75. The van der Waals surface area contributed by atoms with Crippen LogP contribution < -0.4 is 0 Å². The summed E-state index contributed by atoms with van der Waals surface area (Å²) in [5, 5.41) is 4.15. The van der Waals surface area contributed by atoms with Crippen molar-refractivity contribution in [3.8, 4) is 5.82 Å². The quantitative estimate of drug-likeness (QED) is 0.386. The van der Waals surface area contributed by atoms with Gasteiger partial charge < -0.3 is 9.26 Å². The zero-order valence-electron chi connectivity index (χ0n) is 14.4. The SMILES string of the molecule is Cc1cc(-n2c(C)cc(C(=O)COC(=O)c3ccnc(Cl)c3)c2C)no1. The van der Waals surface area contributed by atoms with Crippen molar-refractivity contribution in [2.45, 2.75) is 20.8 Å². The number of hydrogen-bond acceptors (Lipinski definition) is 6. The standard InChI is InChI=1S/C18H16ClN3O4/c1-10-6-14(12(3)22(10)17-7-11(2)26-21-17)15(23)9-25-18(24)13-4-5-20-16(19)8-13/h4-8H,9H2,1-3H3. The lowest BCUT2D eigenvalue weighted by Crippen LogP contribution is -2.15. The van der Waals surface area contributed by atoms with Crippen molar-refractivity contribution in [1.29, 1.82) is 0 Å². The molecular weight excluding hydrogens is 358 g/mol. The predicted octanol–water partition coefficient (Wildman–Crippen LogP) is 3.48. The summed E-state index contributed by atoms with van der Waals surface area (Å²) < 4.78 is 12.0. The first kappa shape index (κ1) is 17.9. The Morgan fingerprint density at radius 1 is 1.23 bits per heavy atom. The molecule has 3 aromatic rings. The van der Waals surface area contributed by atoms with Crippen molar-refractivity contribution in [2.75, 3.05) is 6.61 Å². The van der Waals surface area contributed by atoms with Gasteiger partial charge in [-0.1, -0.05) is 16.8 Å². The molecule has 3 rings (SSSR count). The number of carbonyl (C=O) groups is 2. The van der Waals surface area contributed by atoms with E-state index in [4.69, 9.17) is 20.9 Å². The number of ether oxygens (including phenoxy) is 1. The Morgan fingerprint density at radius 2 is 2.00 bits per heavy atom. The van der Waals surface area contributed by atoms with Gasteiger partial charge in [-0.05, 0) is 39.0 Å². The minimum atomic E-state index is -0.636. The highest BCUT2D eigenvalue weighted by Crippen LogP contribution is 2.21. The zero-order valence-corrected chi connectivity index (χ0v) is 15.2. The third-order valence-corrected chi connectivity index (χ3v) is 4.08. The number of hydrogen-bond donors (Lipinski definition) is 0. The molecule has 0 spiro atoms. The molecule has 26 heavy (non-hydrogen) atoms. The van der Waals surface area contributed by atoms with E-state index >= 15 is 0 Å². The molecule has 0 fully saturated rings. The van der Waals surface area contributed by atoms with E-state index in [0.717, 1.165) is 5.69 Å². The molecule has 7 nitrogen and oxygen atoms in total. The first-order valence-electron chi connectivity index (χ1n) is 7.81. The molecule has 3 aromatic heterocycles. The lowest BCUT2D eigenvalue weighted by molar-refractivity contribution is 0.0474. The second kappa shape index (κ2) is 7.13. The van der Waals surface area contributed by atoms with E-state index in [2.05, 4.69) is 10.1 Å². The molecule has 0 bridgehead atoms. The molecule has 0 aliphatic carbocycles. The van der Waals surface area contributed by atoms with Crippen LogP contribution in [0.2, 0.25) is 5.15 Å². The van der Waals surface area contributed by atoms with Gasteiger partial charge in [0.2, 0.25) is 5.78 Å². The lowest BCUT2D eigenvalue weighted by atomic mass is 10.1. The maximum absolute atomic E-state index is 12.5. The van der Waals surface area contributed by atoms with Gasteiger partial charge in [0.15, 0.2) is 12.4 Å². The van der Waals surface area contributed by atoms with Crippen LogP contribution in [0.25, 0.3) is 5.82 Å². The van der Waals surface area contributed by atoms with Crippen LogP contribution in [0.5, 0.6) is 0 Å². The Hall–Kier alpha value is -2.93. The van der Waals surface area contributed by atoms with Crippen molar-refractivity contribution in [1.82, 2.24) is 14.7 Å². The third kappa shape index (κ3) is 3.52. The number of carbonyl (C=O) groups excluding carboxylic acids is 2. The van der Waals surface area contributed by atoms with Gasteiger partial charge in [0.05, 0.1) is 5.56 Å². The molecule has 0 radical (unpaired) electrons. The molecule has 0 saturated heterocycles. The second-order valence-electron chi connectivity index (χ2n) is 5.78. The van der Waals surface area contributed by atoms with E-state index < -0.39 is 5.97 Å². The smallest absolute Gasteiger partial charge is 0.338 e. The van der Waals surface area contributed by atoms with Gasteiger partial charge in [-0.15, -0.1) is 0 Å². The monoisotopic (exact) mass is 373 g/mol. The first-order valence-corrected chi connectivity index (χ1v) is 8.19. The number of esters is 1. The minimum Gasteiger partial charge on any atom is -0.454 e. The van der Waals surface area contributed by atoms with Crippen LogP contribution in [0.3, 0.4) is 0 Å². The first-order chi connectivity index (χ1) is 12.4. The zero-order chi connectivity index (χ0) is 18.8. The van der Waals surface area contributed by atoms with Crippen molar-refractivity contribution in [3.63, 3.8) is 0 Å². The van der Waals surface area contributed by atoms with Crippen LogP contribution in [-0.4, -0.2) is 33.1 Å². The molecule has 0 unspecified atom stereocenters. The number of ketones is 1. The molecule has 0 saturated carbocycles. The molecule has 134 valence electrons. The van der Waals surface area contributed by atoms with Crippen molar-refractivity contribution in [2.24, 2.45) is 0 Å². The van der Waals surface area contributed by atoms with Gasteiger partial charge in [0, 0.05) is 29.2 Å². The summed E-state index contributed by atoms with van der Waals surface area (Å²) in [5.41, 5.74) is 2.22. The Morgan fingerprint density at radius 3 is 2.65 bits per heavy atom. The molecule has 0 amide bonds. The Balaban J connectivity index is 1.75. The largest absolute Gasteiger partial charge is 0.454 e. The summed E-state index contributed by atoms with van der Waals surface area (Å²) in [7, 11) is 0. The number of nitrogens with zero attached hydrogens (tertiary/aromatic N) is 3. The van der Waals surface area contributed by atoms with Crippen molar-refractivity contribution >= 4 is 23.4 Å². The maximum Gasteiger partial charge on any atom is 0.338 e. The van der Waals surface area contributed by atoms with E-state index in [1.54, 1.807) is 26.0 Å². The summed E-state index contributed by atoms with van der Waals surface area (Å²) in [6.07, 6.45) is 1.40. The van der Waals surface area contributed by atoms with Crippen LogP contribution >= 0.6 is 11.6 Å². The molecule has 8 heteroatoms. The van der Waals surface area contributed by atoms with E-state index in [0.29, 0.717) is 22.8 Å². The van der Waals surface area contributed by atoms with Gasteiger partial charge >= 0.3 is 5.97 Å². The van der Waals surface area contributed by atoms with E-state index in [9.17, 15) is 9.59 Å². The molecule has 0 N–H and O–H groups in total. The Labute approximate surface area is 154 Å². The number of aromatic nitrogens is 3. The van der Waals surface area contributed by atoms with Crippen molar-refractivity contribution in [3.05, 3.63) is 63.9 Å². The third-order valence-electron chi connectivity index (χ3n) is 3.87. The highest BCUT2D eigenvalue weighted by Gasteiger charge is 2.20. The van der Waals surface area contributed by atoms with Gasteiger partial charge in [0.1, 0.15) is 10.9 Å². The topological polar surface area (TPSA) is 87.2 Å². The fraction of sp³-hybridized carbons (Fsp3) is 0.222. The number of halogens is 1. The highest BCUT2D eigenvalue weighted by molar-refractivity contribution is 6.29. The van der Waals surface area contributed by atoms with Crippen LogP contribution in [0, 0.1) is 20.8 Å². The lowest BCUT2D eigenvalue weighted by Gasteiger charge is -2.06. The van der Waals surface area contributed by atoms with Gasteiger partial charge in [-0.25, -0.2) is 9.78 Å². The molecule has 0 aromatic carbocycles. The van der Waals surface area contributed by atoms with Crippen LogP contribution in [0.1, 0.15) is 37.9 Å². The van der Waals surface area contributed by atoms with Crippen LogP contribution in [-0.2, 0) is 4.74 Å². The number of rotatable bonds is 5. The highest BCUT2D eigenvalue weighted by atomic mass is 35.5. The van der Waals surface area contributed by atoms with Gasteiger partial charge in [0.25, 0.3) is 0 Å². The average Bonchev–Trinajstić information content (AvgIpc) is 3.15. The van der Waals surface area contributed by atoms with Crippen LogP contribution in [0.15, 0.2) is 35.0 Å². The van der Waals surface area contributed by atoms with E-state index in [1.807, 2.05) is 11.5 Å². The minimum absolute atomic E-state index is 0.178. The fourth-order valence-corrected chi connectivity index (χ4v) is 2.85. The van der Waals surface area contributed by atoms with Gasteiger partial charge in [-0.3, -0.25) is 9.36 Å². The number of Topliss-reactive ketones (excluding diaryl/α,β-unsaturated/α-hetero) is 1. The normalized spacial score (nSPS) is 10.8. The van der Waals surface area contributed by atoms with E-state index in [-0.39, 0.29) is 23.1 Å². The number of pyridine rings is 1. The Bertz CT molecular complexity index is 990. The summed E-state index contributed by atoms with van der Waals surface area (Å²) in [5.74, 6) is 0.326. The molecule has 0 aliphatic heterocycles. The number of aryl methyl sites for hydroxylation is 2. The molecular formula is C18H16ClN3O4. The maximum atomic E-state index is 12.5. The van der Waals surface area contributed by atoms with E-state index in [1.165, 1.54) is 18.3 Å². The summed E-state index contributed by atoms with van der Waals surface area (Å²) in [6.45, 7) is 5.08. The average molecular weight is 374 g/mol. The molecule has 0 atom stereocenters. The second-order valence-corrected chi connectivity index (χ2v) is 6.17. The molecule has 0 aliphatic rings. The predicted molar refractivity (Wildman–Crippen MR) is 93.9 cm³/mol. The van der Waals surface area contributed by atoms with Crippen molar-refractivity contribution < 1.29 is 18.8 Å². The fourth-order valence-electron chi connectivity index (χ4n) is 2.68. The summed E-state index contributed by atoms with van der Waals surface area (Å²) in [6, 6.07) is 6.37. The summed E-state index contributed by atoms with van der Waals surface area (Å²) in [4.78, 5) is 28.3. The van der Waals surface area contributed by atoms with Crippen LogP contribution in [0.4, 0.5) is 0 Å². The van der Waals surface area contributed by atoms with Gasteiger partial charge in [-0.2, -0.15) is 0 Å².